The molecule has 4 atom stereocenters. The van der Waals surface area contributed by atoms with Gasteiger partial charge in [0.25, 0.3) is 5.91 Å². The van der Waals surface area contributed by atoms with Crippen LogP contribution in [-0.4, -0.2) is 48.6 Å². The van der Waals surface area contributed by atoms with Gasteiger partial charge in [-0.1, -0.05) is 6.92 Å². The van der Waals surface area contributed by atoms with Crippen molar-refractivity contribution in [1.82, 2.24) is 15.0 Å². The maximum atomic E-state index is 14.5. The number of nitrogens with one attached hydrogen (secondary N) is 1. The Bertz CT molecular complexity index is 1320. The Kier molecular flexibility index (Phi) is 6.83. The zero-order valence-electron chi connectivity index (χ0n) is 20.2. The topological polar surface area (TPSA) is 151 Å². The highest BCUT2D eigenvalue weighted by Crippen LogP contribution is 2.43. The molecule has 0 spiro atoms. The molecule has 36 heavy (non-hydrogen) atoms. The third-order valence-electron chi connectivity index (χ3n) is 6.95. The fraction of sp³-hybridized carbons (Fsp3) is 0.346. The molecule has 1 aliphatic carbocycles. The fourth-order valence-electron chi connectivity index (χ4n) is 4.50. The van der Waals surface area contributed by atoms with E-state index < -0.39 is 23.4 Å². The van der Waals surface area contributed by atoms with Gasteiger partial charge < -0.3 is 21.3 Å². The lowest BCUT2D eigenvalue weighted by Gasteiger charge is -2.43. The first-order valence-corrected chi connectivity index (χ1v) is 11.6. The maximum absolute atomic E-state index is 14.5. The monoisotopic (exact) mass is 493 g/mol. The van der Waals surface area contributed by atoms with Gasteiger partial charge in [0.15, 0.2) is 17.3 Å². The number of nitrogens with two attached hydrogens (primary N) is 1. The number of aromatic nitrogens is 3. The molecule has 3 aromatic heterocycles. The molecule has 0 aromatic carbocycles. The van der Waals surface area contributed by atoms with Crippen molar-refractivity contribution in [3.63, 3.8) is 0 Å². The summed E-state index contributed by atoms with van der Waals surface area (Å²) in [5.74, 6) is -1.97. The number of anilines is 2. The van der Waals surface area contributed by atoms with E-state index in [1.54, 1.807) is 19.2 Å². The number of Topliss-reactive ketones (excluding diaryl/α,β-unsaturated/α-hetero) is 1. The Balaban J connectivity index is 1.64. The summed E-state index contributed by atoms with van der Waals surface area (Å²) in [6, 6.07) is 7.01. The van der Waals surface area contributed by atoms with E-state index in [-0.39, 0.29) is 46.1 Å². The lowest BCUT2D eigenvalue weighted by atomic mass is 9.69. The normalized spacial score (nSPS) is 23.8. The summed E-state index contributed by atoms with van der Waals surface area (Å²) in [4.78, 5) is 37.3. The van der Waals surface area contributed by atoms with Crippen LogP contribution in [0.3, 0.4) is 0 Å². The molecular formula is C26H28FN5O4. The maximum Gasteiger partial charge on any atom is 0.276 e. The van der Waals surface area contributed by atoms with E-state index in [1.165, 1.54) is 31.3 Å². The summed E-state index contributed by atoms with van der Waals surface area (Å²) in [7, 11) is 0. The quantitative estimate of drug-likeness (QED) is 0.395. The minimum atomic E-state index is -1.20. The molecule has 1 fully saturated rings. The number of amides is 1. The zero-order valence-corrected chi connectivity index (χ0v) is 20.2. The second-order valence-corrected chi connectivity index (χ2v) is 9.45. The number of hydrogen-bond acceptors (Lipinski definition) is 8. The number of nitrogens with zero attached hydrogens (tertiary/aromatic N) is 3. The predicted octanol–water partition coefficient (Wildman–Crippen LogP) is 3.34. The fourth-order valence-corrected chi connectivity index (χ4v) is 4.50. The van der Waals surface area contributed by atoms with Gasteiger partial charge in [0.05, 0.1) is 35.0 Å². The molecule has 0 unspecified atom stereocenters. The molecule has 3 aromatic rings. The molecule has 4 rings (SSSR count). The Hall–Kier alpha value is -3.76. The Labute approximate surface area is 207 Å². The van der Waals surface area contributed by atoms with E-state index in [0.29, 0.717) is 18.5 Å². The summed E-state index contributed by atoms with van der Waals surface area (Å²) in [5.41, 5.74) is 5.87. The number of halogens is 1. The number of aliphatic hydroxyl groups excluding tert-OH is 1. The van der Waals surface area contributed by atoms with Crippen molar-refractivity contribution in [3.8, 4) is 11.4 Å². The number of carbonyl (C=O) groups excluding carboxylic acids is 2. The third kappa shape index (κ3) is 4.82. The van der Waals surface area contributed by atoms with E-state index >= 15 is 0 Å². The van der Waals surface area contributed by atoms with Gasteiger partial charge in [-0.25, -0.2) is 14.4 Å². The van der Waals surface area contributed by atoms with Crippen LogP contribution in [0, 0.1) is 11.7 Å². The minimum Gasteiger partial charge on any atom is -0.397 e. The van der Waals surface area contributed by atoms with Crippen LogP contribution in [0.15, 0.2) is 42.7 Å². The first kappa shape index (κ1) is 25.3. The van der Waals surface area contributed by atoms with Crippen LogP contribution in [0.4, 0.5) is 15.8 Å². The summed E-state index contributed by atoms with van der Waals surface area (Å²) < 4.78 is 14.5. The van der Waals surface area contributed by atoms with Crippen molar-refractivity contribution >= 4 is 23.1 Å². The highest BCUT2D eigenvalue weighted by atomic mass is 19.1. The Morgan fingerprint density at radius 3 is 2.61 bits per heavy atom. The van der Waals surface area contributed by atoms with Gasteiger partial charge in [-0.05, 0) is 67.5 Å². The molecule has 1 amide bonds. The number of hydrogen-bond donors (Lipinski definition) is 4. The van der Waals surface area contributed by atoms with E-state index in [2.05, 4.69) is 20.3 Å². The van der Waals surface area contributed by atoms with Crippen LogP contribution < -0.4 is 11.1 Å². The summed E-state index contributed by atoms with van der Waals surface area (Å²) >= 11 is 0. The van der Waals surface area contributed by atoms with Gasteiger partial charge in [0, 0.05) is 13.1 Å². The van der Waals surface area contributed by atoms with Gasteiger partial charge in [-0.15, -0.1) is 0 Å². The van der Waals surface area contributed by atoms with E-state index in [0.717, 1.165) is 11.6 Å². The van der Waals surface area contributed by atoms with Gasteiger partial charge in [0.2, 0.25) is 0 Å². The molecule has 188 valence electrons. The van der Waals surface area contributed by atoms with Crippen molar-refractivity contribution < 1.29 is 24.2 Å². The molecule has 10 heteroatoms. The lowest BCUT2D eigenvalue weighted by molar-refractivity contribution is -0.123. The number of ketones is 1. The number of aliphatic hydroxyl groups is 2. The van der Waals surface area contributed by atoms with Crippen LogP contribution >= 0.6 is 0 Å². The summed E-state index contributed by atoms with van der Waals surface area (Å²) in [5, 5.41) is 23.8. The number of rotatable bonds is 5. The lowest BCUT2D eigenvalue weighted by Crippen LogP contribution is -2.49. The van der Waals surface area contributed by atoms with Crippen molar-refractivity contribution in [3.05, 3.63) is 65.5 Å². The summed E-state index contributed by atoms with van der Waals surface area (Å²) in [6.07, 6.45) is 3.08. The zero-order chi connectivity index (χ0) is 26.2. The van der Waals surface area contributed by atoms with Crippen LogP contribution in [0.1, 0.15) is 66.1 Å². The minimum absolute atomic E-state index is 0.0489. The van der Waals surface area contributed by atoms with E-state index in [9.17, 15) is 24.2 Å². The van der Waals surface area contributed by atoms with Crippen molar-refractivity contribution in [2.24, 2.45) is 5.92 Å². The first-order chi connectivity index (χ1) is 17.0. The van der Waals surface area contributed by atoms with Gasteiger partial charge in [0.1, 0.15) is 11.4 Å². The average Bonchev–Trinajstić information content (AvgIpc) is 2.83. The van der Waals surface area contributed by atoms with E-state index in [1.807, 2.05) is 6.92 Å². The van der Waals surface area contributed by atoms with Gasteiger partial charge >= 0.3 is 0 Å². The van der Waals surface area contributed by atoms with Crippen LogP contribution in [0.25, 0.3) is 11.4 Å². The largest absolute Gasteiger partial charge is 0.397 e. The molecule has 5 N–H and O–H groups in total. The SMILES string of the molecule is CC(=O)c1ccc(F)c(-c2ccc(N)c(C(=O)Nc3cnccc3[C@H]3C[C@@H](O)[C@](C)(O)[C@@H](C)C3)n2)n1. The molecule has 0 bridgehead atoms. The highest BCUT2D eigenvalue weighted by molar-refractivity contribution is 6.06. The number of nitrogen functional groups attached to an aromatic ring is 1. The number of carbonyl (C=O) groups is 2. The molecular weight excluding hydrogens is 465 g/mol. The first-order valence-electron chi connectivity index (χ1n) is 11.6. The standard InChI is InChI=1S/C26H28FN5O4/c1-13-10-15(11-22(34)26(13,3)36)16-8-9-29-12-21(16)32-25(35)24-18(28)5-7-20(31-24)23-17(27)4-6-19(30-23)14(2)33/h4-9,12-13,15,22,34,36H,10-11,28H2,1-3H3,(H,32,35)/t13-,15+,22+,26+/m0/s1. The molecule has 0 radical (unpaired) electrons. The third-order valence-corrected chi connectivity index (χ3v) is 6.95. The Morgan fingerprint density at radius 1 is 1.17 bits per heavy atom. The van der Waals surface area contributed by atoms with Gasteiger partial charge in [-0.3, -0.25) is 14.6 Å². The van der Waals surface area contributed by atoms with Crippen LogP contribution in [0.5, 0.6) is 0 Å². The van der Waals surface area contributed by atoms with E-state index in [4.69, 9.17) is 5.73 Å². The van der Waals surface area contributed by atoms with Crippen molar-refractivity contribution in [2.75, 3.05) is 11.1 Å². The van der Waals surface area contributed by atoms with Crippen molar-refractivity contribution in [2.45, 2.75) is 51.2 Å². The Morgan fingerprint density at radius 2 is 1.92 bits per heavy atom. The smallest absolute Gasteiger partial charge is 0.276 e. The highest BCUT2D eigenvalue weighted by Gasteiger charge is 2.43. The number of pyridine rings is 3. The second-order valence-electron chi connectivity index (χ2n) is 9.45. The molecule has 9 nitrogen and oxygen atoms in total. The molecule has 0 saturated heterocycles. The molecule has 3 heterocycles. The van der Waals surface area contributed by atoms with Crippen molar-refractivity contribution in [1.29, 1.82) is 0 Å². The summed E-state index contributed by atoms with van der Waals surface area (Å²) in [6.45, 7) is 4.82. The van der Waals surface area contributed by atoms with Crippen LogP contribution in [0.2, 0.25) is 0 Å². The second kappa shape index (κ2) is 9.71. The van der Waals surface area contributed by atoms with Crippen LogP contribution in [-0.2, 0) is 0 Å². The van der Waals surface area contributed by atoms with Gasteiger partial charge in [-0.2, -0.15) is 0 Å². The average molecular weight is 494 g/mol. The molecule has 1 aliphatic rings. The predicted molar refractivity (Wildman–Crippen MR) is 132 cm³/mol. The molecule has 1 saturated carbocycles. The molecule has 0 aliphatic heterocycles.